The summed E-state index contributed by atoms with van der Waals surface area (Å²) in [4.78, 5) is 16.8. The number of carbonyl (C=O) groups is 1. The van der Waals surface area contributed by atoms with Crippen molar-refractivity contribution in [3.05, 3.63) is 76.3 Å². The Hall–Kier alpha value is -2.71. The number of carbonyl (C=O) groups excluding carboxylic acids is 1. The summed E-state index contributed by atoms with van der Waals surface area (Å²) in [6, 6.07) is 20.5. The van der Waals surface area contributed by atoms with Gasteiger partial charge in [0.05, 0.1) is 29.2 Å². The van der Waals surface area contributed by atoms with E-state index in [1.165, 1.54) is 0 Å². The fourth-order valence-electron chi connectivity index (χ4n) is 3.61. The number of benzene rings is 2. The van der Waals surface area contributed by atoms with Crippen LogP contribution >= 0.6 is 11.8 Å². The SMILES string of the molecule is Cc1ccccc1[C@@H]1CC(=O)N2CN(c3ccccc3)CSC2=C1C#N. The lowest BCUT2D eigenvalue weighted by atomic mass is 9.84. The fraction of sp³-hybridized carbons (Fsp3) is 0.238. The predicted molar refractivity (Wildman–Crippen MR) is 104 cm³/mol. The Balaban J connectivity index is 1.70. The summed E-state index contributed by atoms with van der Waals surface area (Å²) in [5, 5.41) is 10.7. The van der Waals surface area contributed by atoms with E-state index in [-0.39, 0.29) is 11.8 Å². The molecule has 0 spiro atoms. The van der Waals surface area contributed by atoms with Crippen molar-refractivity contribution in [2.24, 2.45) is 0 Å². The molecule has 4 nitrogen and oxygen atoms in total. The third kappa shape index (κ3) is 2.87. The molecule has 1 saturated heterocycles. The van der Waals surface area contributed by atoms with Gasteiger partial charge in [0.15, 0.2) is 0 Å². The summed E-state index contributed by atoms with van der Waals surface area (Å²) in [5.74, 6) is 0.672. The van der Waals surface area contributed by atoms with Crippen molar-refractivity contribution in [1.82, 2.24) is 4.90 Å². The van der Waals surface area contributed by atoms with E-state index >= 15 is 0 Å². The largest absolute Gasteiger partial charge is 0.344 e. The molecule has 130 valence electrons. The van der Waals surface area contributed by atoms with Gasteiger partial charge in [-0.25, -0.2) is 0 Å². The van der Waals surface area contributed by atoms with Gasteiger partial charge >= 0.3 is 0 Å². The molecule has 2 aromatic carbocycles. The quantitative estimate of drug-likeness (QED) is 0.804. The van der Waals surface area contributed by atoms with Crippen molar-refractivity contribution >= 4 is 23.4 Å². The molecule has 2 aromatic rings. The highest BCUT2D eigenvalue weighted by molar-refractivity contribution is 8.03. The highest BCUT2D eigenvalue weighted by Crippen LogP contribution is 2.43. The van der Waals surface area contributed by atoms with Crippen molar-refractivity contribution < 1.29 is 4.79 Å². The molecule has 0 aromatic heterocycles. The van der Waals surface area contributed by atoms with Gasteiger partial charge < -0.3 is 4.90 Å². The van der Waals surface area contributed by atoms with Crippen LogP contribution in [0, 0.1) is 18.3 Å². The smallest absolute Gasteiger partial charge is 0.229 e. The number of para-hydroxylation sites is 1. The van der Waals surface area contributed by atoms with Gasteiger partial charge in [-0.05, 0) is 30.2 Å². The monoisotopic (exact) mass is 361 g/mol. The van der Waals surface area contributed by atoms with Gasteiger partial charge in [0, 0.05) is 18.0 Å². The summed E-state index contributed by atoms with van der Waals surface area (Å²) >= 11 is 1.58. The van der Waals surface area contributed by atoms with Crippen LogP contribution in [0.2, 0.25) is 0 Å². The molecule has 0 bridgehead atoms. The molecule has 2 aliphatic heterocycles. The molecule has 4 rings (SSSR count). The summed E-state index contributed by atoms with van der Waals surface area (Å²) in [6.45, 7) is 2.54. The molecular weight excluding hydrogens is 342 g/mol. The molecule has 0 aliphatic carbocycles. The number of aryl methyl sites for hydroxylation is 1. The van der Waals surface area contributed by atoms with E-state index in [2.05, 4.69) is 11.0 Å². The van der Waals surface area contributed by atoms with Crippen LogP contribution in [0.25, 0.3) is 0 Å². The minimum absolute atomic E-state index is 0.0837. The summed E-state index contributed by atoms with van der Waals surface area (Å²) in [5.41, 5.74) is 4.01. The lowest BCUT2D eigenvalue weighted by Gasteiger charge is -2.42. The topological polar surface area (TPSA) is 47.3 Å². The number of hydrogen-bond donors (Lipinski definition) is 0. The van der Waals surface area contributed by atoms with Crippen LogP contribution in [0.3, 0.4) is 0 Å². The number of anilines is 1. The summed E-state index contributed by atoms with van der Waals surface area (Å²) < 4.78 is 0. The minimum Gasteiger partial charge on any atom is -0.344 e. The van der Waals surface area contributed by atoms with E-state index in [1.54, 1.807) is 16.7 Å². The fourth-order valence-corrected chi connectivity index (χ4v) is 4.78. The third-order valence-electron chi connectivity index (χ3n) is 4.98. The molecule has 1 amide bonds. The van der Waals surface area contributed by atoms with Crippen LogP contribution in [-0.2, 0) is 4.79 Å². The van der Waals surface area contributed by atoms with Crippen LogP contribution in [-0.4, -0.2) is 23.4 Å². The maximum absolute atomic E-state index is 12.9. The van der Waals surface area contributed by atoms with Crippen LogP contribution in [0.15, 0.2) is 65.2 Å². The van der Waals surface area contributed by atoms with Crippen molar-refractivity contribution in [2.45, 2.75) is 19.3 Å². The Morgan fingerprint density at radius 3 is 2.58 bits per heavy atom. The standard InChI is InChI=1S/C21H19N3OS/c1-15-7-5-6-10-17(15)18-11-20(25)24-13-23(16-8-3-2-4-9-16)14-26-21(24)19(18)12-22/h2-10,18H,11,13-14H2,1H3/t18-/m0/s1. The second-order valence-electron chi connectivity index (χ2n) is 6.56. The van der Waals surface area contributed by atoms with Gasteiger partial charge in [-0.15, -0.1) is 0 Å². The first kappa shape index (κ1) is 16.7. The first-order valence-electron chi connectivity index (χ1n) is 8.62. The molecule has 0 N–H and O–H groups in total. The number of nitriles is 1. The second-order valence-corrected chi connectivity index (χ2v) is 7.49. The van der Waals surface area contributed by atoms with E-state index in [0.717, 1.165) is 33.3 Å². The maximum atomic E-state index is 12.9. The van der Waals surface area contributed by atoms with Crippen molar-refractivity contribution in [2.75, 3.05) is 17.4 Å². The van der Waals surface area contributed by atoms with Crippen LogP contribution in [0.5, 0.6) is 0 Å². The van der Waals surface area contributed by atoms with Crippen LogP contribution in [0.4, 0.5) is 5.69 Å². The molecular formula is C21H19N3OS. The van der Waals surface area contributed by atoms with Crippen LogP contribution in [0.1, 0.15) is 23.5 Å². The zero-order chi connectivity index (χ0) is 18.1. The number of nitrogens with zero attached hydrogens (tertiary/aromatic N) is 3. The first-order chi connectivity index (χ1) is 12.7. The average molecular weight is 361 g/mol. The predicted octanol–water partition coefficient (Wildman–Crippen LogP) is 4.21. The minimum atomic E-state index is -0.143. The molecule has 0 radical (unpaired) electrons. The van der Waals surface area contributed by atoms with Crippen molar-refractivity contribution in [1.29, 1.82) is 5.26 Å². The van der Waals surface area contributed by atoms with Gasteiger partial charge in [-0.3, -0.25) is 9.69 Å². The molecule has 0 unspecified atom stereocenters. The number of hydrogen-bond acceptors (Lipinski definition) is 4. The zero-order valence-corrected chi connectivity index (χ0v) is 15.4. The normalized spacial score (nSPS) is 20.0. The third-order valence-corrected chi connectivity index (χ3v) is 6.13. The van der Waals surface area contributed by atoms with Gasteiger partial charge in [-0.1, -0.05) is 54.2 Å². The van der Waals surface area contributed by atoms with Gasteiger partial charge in [0.2, 0.25) is 5.91 Å². The van der Waals surface area contributed by atoms with E-state index in [9.17, 15) is 10.1 Å². The highest BCUT2D eigenvalue weighted by Gasteiger charge is 2.38. The molecule has 0 saturated carbocycles. The lowest BCUT2D eigenvalue weighted by Crippen LogP contribution is -2.47. The van der Waals surface area contributed by atoms with E-state index < -0.39 is 0 Å². The second kappa shape index (κ2) is 6.89. The highest BCUT2D eigenvalue weighted by atomic mass is 32.2. The number of thioether (sulfide) groups is 1. The Kier molecular flexibility index (Phi) is 4.44. The summed E-state index contributed by atoms with van der Waals surface area (Å²) in [6.07, 6.45) is 0.348. The van der Waals surface area contributed by atoms with E-state index in [1.807, 2.05) is 61.5 Å². The number of fused-ring (bicyclic) bond motifs is 1. The van der Waals surface area contributed by atoms with Gasteiger partial charge in [0.1, 0.15) is 0 Å². The molecule has 2 aliphatic rings. The Morgan fingerprint density at radius 1 is 1.12 bits per heavy atom. The zero-order valence-electron chi connectivity index (χ0n) is 14.6. The van der Waals surface area contributed by atoms with E-state index in [4.69, 9.17) is 0 Å². The first-order valence-corrected chi connectivity index (χ1v) is 9.60. The number of rotatable bonds is 2. The summed E-state index contributed by atoms with van der Waals surface area (Å²) in [7, 11) is 0. The van der Waals surface area contributed by atoms with Crippen LogP contribution < -0.4 is 4.90 Å². The molecule has 1 fully saturated rings. The number of allylic oxidation sites excluding steroid dienone is 1. The Labute approximate surface area is 157 Å². The van der Waals surface area contributed by atoms with Crippen molar-refractivity contribution in [3.63, 3.8) is 0 Å². The van der Waals surface area contributed by atoms with E-state index in [0.29, 0.717) is 13.1 Å². The molecule has 26 heavy (non-hydrogen) atoms. The molecule has 2 heterocycles. The molecule has 5 heteroatoms. The van der Waals surface area contributed by atoms with Gasteiger partial charge in [0.25, 0.3) is 0 Å². The Morgan fingerprint density at radius 2 is 1.85 bits per heavy atom. The van der Waals surface area contributed by atoms with Crippen molar-refractivity contribution in [3.8, 4) is 6.07 Å². The Bertz CT molecular complexity index is 916. The van der Waals surface area contributed by atoms with Gasteiger partial charge in [-0.2, -0.15) is 5.26 Å². The molecule has 1 atom stereocenters. The lowest BCUT2D eigenvalue weighted by molar-refractivity contribution is -0.129. The maximum Gasteiger partial charge on any atom is 0.229 e. The average Bonchev–Trinajstić information content (AvgIpc) is 2.69. The number of amides is 1.